The number of aliphatic carboxylic acids is 1. The summed E-state index contributed by atoms with van der Waals surface area (Å²) in [6, 6.07) is 0. The standard InChI is InChI=1S/C10H15F3O4/c1-4-16-9(3,17-5-2)6-7(8(14)15)10(11,12)13/h6H,4-5H2,1-3H3,(H,14,15). The van der Waals surface area contributed by atoms with Crippen LogP contribution in [0.25, 0.3) is 0 Å². The fourth-order valence-electron chi connectivity index (χ4n) is 1.23. The van der Waals surface area contributed by atoms with Crippen molar-refractivity contribution in [3.05, 3.63) is 11.6 Å². The number of carboxylic acid groups (broad SMARTS) is 1. The fraction of sp³-hybridized carbons (Fsp3) is 0.700. The second-order valence-electron chi connectivity index (χ2n) is 3.24. The summed E-state index contributed by atoms with van der Waals surface area (Å²) in [5, 5.41) is 8.51. The maximum Gasteiger partial charge on any atom is 0.423 e. The van der Waals surface area contributed by atoms with Gasteiger partial charge in [-0.15, -0.1) is 0 Å². The summed E-state index contributed by atoms with van der Waals surface area (Å²) in [6.07, 6.45) is -4.52. The molecule has 0 aromatic rings. The van der Waals surface area contributed by atoms with Crippen LogP contribution >= 0.6 is 0 Å². The van der Waals surface area contributed by atoms with E-state index in [1.807, 2.05) is 0 Å². The third kappa shape index (κ3) is 5.18. The fourth-order valence-corrected chi connectivity index (χ4v) is 1.23. The van der Waals surface area contributed by atoms with Gasteiger partial charge < -0.3 is 14.6 Å². The molecule has 0 bridgehead atoms. The number of hydrogen-bond acceptors (Lipinski definition) is 3. The Morgan fingerprint density at radius 2 is 1.65 bits per heavy atom. The van der Waals surface area contributed by atoms with Crippen molar-refractivity contribution in [2.75, 3.05) is 13.2 Å². The molecule has 0 rings (SSSR count). The molecule has 0 fully saturated rings. The van der Waals surface area contributed by atoms with Gasteiger partial charge in [-0.2, -0.15) is 13.2 Å². The van der Waals surface area contributed by atoms with Gasteiger partial charge in [-0.25, -0.2) is 4.79 Å². The maximum absolute atomic E-state index is 12.4. The zero-order valence-corrected chi connectivity index (χ0v) is 9.80. The van der Waals surface area contributed by atoms with Gasteiger partial charge in [0, 0.05) is 13.2 Å². The van der Waals surface area contributed by atoms with Gasteiger partial charge in [0.25, 0.3) is 0 Å². The average Bonchev–Trinajstić information content (AvgIpc) is 2.13. The predicted molar refractivity (Wildman–Crippen MR) is 53.4 cm³/mol. The molecule has 4 nitrogen and oxygen atoms in total. The van der Waals surface area contributed by atoms with E-state index in [4.69, 9.17) is 14.6 Å². The molecule has 0 unspecified atom stereocenters. The third-order valence-electron chi connectivity index (χ3n) is 1.80. The molecule has 0 amide bonds. The molecule has 17 heavy (non-hydrogen) atoms. The Morgan fingerprint density at radius 1 is 1.24 bits per heavy atom. The number of ether oxygens (including phenoxy) is 2. The largest absolute Gasteiger partial charge is 0.478 e. The Hall–Kier alpha value is -1.08. The Kier molecular flexibility index (Phi) is 5.63. The van der Waals surface area contributed by atoms with E-state index in [9.17, 15) is 18.0 Å². The minimum atomic E-state index is -4.96. The Labute approximate surface area is 97.0 Å². The molecule has 0 aliphatic rings. The van der Waals surface area contributed by atoms with E-state index in [0.29, 0.717) is 6.08 Å². The summed E-state index contributed by atoms with van der Waals surface area (Å²) in [6.45, 7) is 4.56. The van der Waals surface area contributed by atoms with Crippen molar-refractivity contribution >= 4 is 5.97 Å². The molecule has 0 saturated heterocycles. The molecule has 100 valence electrons. The lowest BCUT2D eigenvalue weighted by atomic mass is 10.1. The van der Waals surface area contributed by atoms with E-state index in [0.717, 1.165) is 0 Å². The summed E-state index contributed by atoms with van der Waals surface area (Å²) in [7, 11) is 0. The number of alkyl halides is 3. The first-order valence-corrected chi connectivity index (χ1v) is 4.97. The van der Waals surface area contributed by atoms with Crippen LogP contribution in [0, 0.1) is 0 Å². The second-order valence-corrected chi connectivity index (χ2v) is 3.24. The minimum Gasteiger partial charge on any atom is -0.478 e. The average molecular weight is 256 g/mol. The molecule has 0 spiro atoms. The van der Waals surface area contributed by atoms with E-state index in [1.165, 1.54) is 6.92 Å². The van der Waals surface area contributed by atoms with Crippen molar-refractivity contribution in [1.82, 2.24) is 0 Å². The number of carboxylic acids is 1. The summed E-state index contributed by atoms with van der Waals surface area (Å²) >= 11 is 0. The van der Waals surface area contributed by atoms with Gasteiger partial charge in [-0.1, -0.05) is 0 Å². The highest BCUT2D eigenvalue weighted by molar-refractivity contribution is 5.88. The SMILES string of the molecule is CCOC(C)(C=C(C(=O)O)C(F)(F)F)OCC. The first kappa shape index (κ1) is 15.9. The zero-order valence-electron chi connectivity index (χ0n) is 9.80. The number of halogens is 3. The molecule has 0 radical (unpaired) electrons. The van der Waals surface area contributed by atoms with Crippen LogP contribution in [0.4, 0.5) is 13.2 Å². The van der Waals surface area contributed by atoms with Gasteiger partial charge in [0.2, 0.25) is 0 Å². The molecular formula is C10H15F3O4. The van der Waals surface area contributed by atoms with Gasteiger partial charge in [0.1, 0.15) is 5.57 Å². The maximum atomic E-state index is 12.4. The quantitative estimate of drug-likeness (QED) is 0.585. The van der Waals surface area contributed by atoms with Crippen molar-refractivity contribution in [2.45, 2.75) is 32.7 Å². The molecule has 1 N–H and O–H groups in total. The highest BCUT2D eigenvalue weighted by Gasteiger charge is 2.41. The lowest BCUT2D eigenvalue weighted by molar-refractivity contribution is -0.190. The van der Waals surface area contributed by atoms with Gasteiger partial charge in [0.05, 0.1) is 0 Å². The molecule has 0 saturated carbocycles. The Balaban J connectivity index is 5.31. The predicted octanol–water partition coefficient (Wildman–Crippen LogP) is 2.35. The van der Waals surface area contributed by atoms with Crippen LogP contribution in [0.3, 0.4) is 0 Å². The van der Waals surface area contributed by atoms with E-state index < -0.39 is 23.5 Å². The molecular weight excluding hydrogens is 241 g/mol. The lowest BCUT2D eigenvalue weighted by Gasteiger charge is -2.26. The van der Waals surface area contributed by atoms with Crippen LogP contribution in [0.2, 0.25) is 0 Å². The van der Waals surface area contributed by atoms with E-state index >= 15 is 0 Å². The van der Waals surface area contributed by atoms with Crippen molar-refractivity contribution in [3.63, 3.8) is 0 Å². The van der Waals surface area contributed by atoms with Crippen molar-refractivity contribution < 1.29 is 32.5 Å². The monoisotopic (exact) mass is 256 g/mol. The number of carbonyl (C=O) groups is 1. The first-order valence-electron chi connectivity index (χ1n) is 4.97. The van der Waals surface area contributed by atoms with E-state index in [1.54, 1.807) is 13.8 Å². The molecule has 0 aliphatic carbocycles. The number of hydrogen-bond donors (Lipinski definition) is 1. The molecule has 0 aliphatic heterocycles. The number of rotatable bonds is 6. The molecule has 0 aromatic heterocycles. The second kappa shape index (κ2) is 6.02. The highest BCUT2D eigenvalue weighted by atomic mass is 19.4. The lowest BCUT2D eigenvalue weighted by Crippen LogP contribution is -2.33. The summed E-state index contributed by atoms with van der Waals surface area (Å²) in [5.74, 6) is -3.77. The van der Waals surface area contributed by atoms with Crippen LogP contribution in [-0.2, 0) is 14.3 Å². The van der Waals surface area contributed by atoms with Gasteiger partial charge in [-0.05, 0) is 26.8 Å². The van der Waals surface area contributed by atoms with Crippen LogP contribution < -0.4 is 0 Å². The van der Waals surface area contributed by atoms with Crippen molar-refractivity contribution in [3.8, 4) is 0 Å². The van der Waals surface area contributed by atoms with Crippen LogP contribution in [0.5, 0.6) is 0 Å². The normalized spacial score (nSPS) is 13.9. The first-order chi connectivity index (χ1) is 7.66. The van der Waals surface area contributed by atoms with E-state index in [-0.39, 0.29) is 13.2 Å². The van der Waals surface area contributed by atoms with Gasteiger partial charge in [0.15, 0.2) is 5.79 Å². The molecule has 0 heterocycles. The zero-order chi connectivity index (χ0) is 13.7. The van der Waals surface area contributed by atoms with Crippen LogP contribution in [0.1, 0.15) is 20.8 Å². The molecule has 7 heteroatoms. The molecule has 0 atom stereocenters. The summed E-state index contributed by atoms with van der Waals surface area (Å²) in [5.41, 5.74) is -1.71. The van der Waals surface area contributed by atoms with Crippen LogP contribution in [-0.4, -0.2) is 36.3 Å². The topological polar surface area (TPSA) is 55.8 Å². The highest BCUT2D eigenvalue weighted by Crippen LogP contribution is 2.29. The summed E-state index contributed by atoms with van der Waals surface area (Å²) < 4.78 is 47.2. The van der Waals surface area contributed by atoms with Crippen LogP contribution in [0.15, 0.2) is 11.6 Å². The molecule has 0 aromatic carbocycles. The Morgan fingerprint density at radius 3 is 1.88 bits per heavy atom. The van der Waals surface area contributed by atoms with Crippen molar-refractivity contribution in [2.24, 2.45) is 0 Å². The van der Waals surface area contributed by atoms with E-state index in [2.05, 4.69) is 0 Å². The van der Waals surface area contributed by atoms with Crippen molar-refractivity contribution in [1.29, 1.82) is 0 Å². The Bertz CT molecular complexity index is 290. The summed E-state index contributed by atoms with van der Waals surface area (Å²) in [4.78, 5) is 10.5. The smallest absolute Gasteiger partial charge is 0.423 e. The minimum absolute atomic E-state index is 0.0950. The van der Waals surface area contributed by atoms with Gasteiger partial charge in [-0.3, -0.25) is 0 Å². The third-order valence-corrected chi connectivity index (χ3v) is 1.80. The van der Waals surface area contributed by atoms with Gasteiger partial charge >= 0.3 is 12.1 Å².